The van der Waals surface area contributed by atoms with Crippen LogP contribution in [0.15, 0.2) is 42.6 Å². The van der Waals surface area contributed by atoms with E-state index in [1.807, 2.05) is 24.3 Å². The zero-order valence-electron chi connectivity index (χ0n) is 10.9. The lowest BCUT2D eigenvalue weighted by atomic mass is 10.0. The molecule has 0 aliphatic carbocycles. The minimum Gasteiger partial charge on any atom is -0.505 e. The van der Waals surface area contributed by atoms with Crippen LogP contribution in [0.3, 0.4) is 0 Å². The summed E-state index contributed by atoms with van der Waals surface area (Å²) in [7, 11) is 0. The molecule has 0 saturated heterocycles. The second kappa shape index (κ2) is 5.52. The van der Waals surface area contributed by atoms with Crippen molar-refractivity contribution in [2.75, 3.05) is 5.32 Å². The van der Waals surface area contributed by atoms with Gasteiger partial charge in [-0.3, -0.25) is 4.79 Å². The number of hydrogen-bond acceptors (Lipinski definition) is 3. The first-order valence-electron chi connectivity index (χ1n) is 6.13. The molecule has 1 aromatic carbocycles. The van der Waals surface area contributed by atoms with E-state index in [2.05, 4.69) is 24.1 Å². The van der Waals surface area contributed by atoms with Gasteiger partial charge < -0.3 is 10.4 Å². The Bertz CT molecular complexity index is 577. The molecule has 2 aromatic rings. The number of nitrogens with one attached hydrogen (secondary N) is 1. The molecule has 0 aliphatic rings. The van der Waals surface area contributed by atoms with E-state index >= 15 is 0 Å². The summed E-state index contributed by atoms with van der Waals surface area (Å²) in [6.07, 6.45) is 1.47. The van der Waals surface area contributed by atoms with Gasteiger partial charge in [-0.15, -0.1) is 0 Å². The fourth-order valence-corrected chi connectivity index (χ4v) is 1.71. The molecule has 0 fully saturated rings. The van der Waals surface area contributed by atoms with Crippen LogP contribution in [0, 0.1) is 0 Å². The highest BCUT2D eigenvalue weighted by Gasteiger charge is 2.12. The van der Waals surface area contributed by atoms with Crippen molar-refractivity contribution in [2.45, 2.75) is 19.8 Å². The first kappa shape index (κ1) is 13.1. The summed E-state index contributed by atoms with van der Waals surface area (Å²) in [5.74, 6) is -0.0983. The summed E-state index contributed by atoms with van der Waals surface area (Å²) in [6, 6.07) is 10.6. The number of amides is 1. The van der Waals surface area contributed by atoms with E-state index in [1.54, 1.807) is 6.07 Å². The lowest BCUT2D eigenvalue weighted by Crippen LogP contribution is -2.13. The van der Waals surface area contributed by atoms with E-state index in [0.717, 1.165) is 0 Å². The van der Waals surface area contributed by atoms with E-state index < -0.39 is 5.91 Å². The number of nitrogens with zero attached hydrogens (tertiary/aromatic N) is 1. The van der Waals surface area contributed by atoms with Crippen LogP contribution in [0.1, 0.15) is 35.8 Å². The topological polar surface area (TPSA) is 62.2 Å². The standard InChI is InChI=1S/C15H16N2O2/c1-10(2)11-5-7-12(8-6-11)17-15(19)14-13(18)4-3-9-16-14/h3-10,18H,1-2H3,(H,17,19). The van der Waals surface area contributed by atoms with Gasteiger partial charge >= 0.3 is 0 Å². The van der Waals surface area contributed by atoms with Gasteiger partial charge in [0.05, 0.1) is 0 Å². The number of anilines is 1. The van der Waals surface area contributed by atoms with Crippen molar-refractivity contribution < 1.29 is 9.90 Å². The Morgan fingerprint density at radius 2 is 1.89 bits per heavy atom. The first-order chi connectivity index (χ1) is 9.08. The molecule has 1 aromatic heterocycles. The van der Waals surface area contributed by atoms with Crippen LogP contribution < -0.4 is 5.32 Å². The van der Waals surface area contributed by atoms with Crippen LogP contribution in [0.4, 0.5) is 5.69 Å². The summed E-state index contributed by atoms with van der Waals surface area (Å²) in [5, 5.41) is 12.3. The molecule has 4 heteroatoms. The smallest absolute Gasteiger partial charge is 0.278 e. The largest absolute Gasteiger partial charge is 0.505 e. The Hall–Kier alpha value is -2.36. The van der Waals surface area contributed by atoms with Crippen LogP contribution in [0.25, 0.3) is 0 Å². The van der Waals surface area contributed by atoms with E-state index in [1.165, 1.54) is 17.8 Å². The highest BCUT2D eigenvalue weighted by molar-refractivity contribution is 6.04. The third-order valence-electron chi connectivity index (χ3n) is 2.84. The Kier molecular flexibility index (Phi) is 3.80. The third-order valence-corrected chi connectivity index (χ3v) is 2.84. The predicted octanol–water partition coefficient (Wildman–Crippen LogP) is 3.16. The third kappa shape index (κ3) is 3.10. The quantitative estimate of drug-likeness (QED) is 0.886. The average molecular weight is 256 g/mol. The molecule has 1 heterocycles. The van der Waals surface area contributed by atoms with Gasteiger partial charge in [0.2, 0.25) is 0 Å². The molecule has 0 spiro atoms. The number of aromatic hydroxyl groups is 1. The maximum absolute atomic E-state index is 11.9. The van der Waals surface area contributed by atoms with Crippen LogP contribution >= 0.6 is 0 Å². The molecule has 0 bridgehead atoms. The molecular weight excluding hydrogens is 240 g/mol. The number of pyridine rings is 1. The van der Waals surface area contributed by atoms with Gasteiger partial charge in [0.1, 0.15) is 5.75 Å². The maximum Gasteiger partial charge on any atom is 0.278 e. The predicted molar refractivity (Wildman–Crippen MR) is 74.4 cm³/mol. The molecule has 1 amide bonds. The van der Waals surface area contributed by atoms with Gasteiger partial charge in [-0.05, 0) is 35.7 Å². The molecule has 19 heavy (non-hydrogen) atoms. The van der Waals surface area contributed by atoms with Gasteiger partial charge in [-0.1, -0.05) is 26.0 Å². The zero-order chi connectivity index (χ0) is 13.8. The number of benzene rings is 1. The lowest BCUT2D eigenvalue weighted by Gasteiger charge is -2.08. The monoisotopic (exact) mass is 256 g/mol. The van der Waals surface area contributed by atoms with Crippen molar-refractivity contribution in [1.82, 2.24) is 4.98 Å². The van der Waals surface area contributed by atoms with Gasteiger partial charge in [-0.2, -0.15) is 0 Å². The van der Waals surface area contributed by atoms with Gasteiger partial charge in [0, 0.05) is 11.9 Å². The van der Waals surface area contributed by atoms with Crippen molar-refractivity contribution in [3.8, 4) is 5.75 Å². The van der Waals surface area contributed by atoms with Crippen LogP contribution in [-0.4, -0.2) is 16.0 Å². The highest BCUT2D eigenvalue weighted by Crippen LogP contribution is 2.19. The number of rotatable bonds is 3. The molecule has 98 valence electrons. The Morgan fingerprint density at radius 1 is 1.21 bits per heavy atom. The van der Waals surface area contributed by atoms with E-state index in [-0.39, 0.29) is 11.4 Å². The van der Waals surface area contributed by atoms with Crippen molar-refractivity contribution in [1.29, 1.82) is 0 Å². The molecule has 2 N–H and O–H groups in total. The van der Waals surface area contributed by atoms with Gasteiger partial charge in [-0.25, -0.2) is 4.98 Å². The molecular formula is C15H16N2O2. The second-order valence-corrected chi connectivity index (χ2v) is 4.60. The Balaban J connectivity index is 2.13. The molecule has 0 saturated carbocycles. The zero-order valence-corrected chi connectivity index (χ0v) is 10.9. The number of carbonyl (C=O) groups excluding carboxylic acids is 1. The minimum absolute atomic E-state index is 0.0236. The van der Waals surface area contributed by atoms with Crippen molar-refractivity contribution in [3.05, 3.63) is 53.9 Å². The number of carbonyl (C=O) groups is 1. The Morgan fingerprint density at radius 3 is 2.47 bits per heavy atom. The molecule has 0 aliphatic heterocycles. The Labute approximate surface area is 112 Å². The first-order valence-corrected chi connectivity index (χ1v) is 6.13. The summed E-state index contributed by atoms with van der Waals surface area (Å²) >= 11 is 0. The lowest BCUT2D eigenvalue weighted by molar-refractivity contribution is 0.101. The minimum atomic E-state index is -0.421. The van der Waals surface area contributed by atoms with Crippen LogP contribution in [0.2, 0.25) is 0 Å². The van der Waals surface area contributed by atoms with Crippen molar-refractivity contribution >= 4 is 11.6 Å². The summed E-state index contributed by atoms with van der Waals surface area (Å²) in [6.45, 7) is 4.22. The molecule has 0 atom stereocenters. The maximum atomic E-state index is 11.9. The average Bonchev–Trinajstić information content (AvgIpc) is 2.39. The molecule has 0 radical (unpaired) electrons. The van der Waals surface area contributed by atoms with E-state index in [9.17, 15) is 9.90 Å². The van der Waals surface area contributed by atoms with Gasteiger partial charge in [0.15, 0.2) is 5.69 Å². The fraction of sp³-hybridized carbons (Fsp3) is 0.200. The summed E-state index contributed by atoms with van der Waals surface area (Å²) in [4.78, 5) is 15.8. The fourth-order valence-electron chi connectivity index (χ4n) is 1.71. The highest BCUT2D eigenvalue weighted by atomic mass is 16.3. The second-order valence-electron chi connectivity index (χ2n) is 4.60. The molecule has 2 rings (SSSR count). The number of aromatic nitrogens is 1. The number of hydrogen-bond donors (Lipinski definition) is 2. The van der Waals surface area contributed by atoms with Gasteiger partial charge in [0.25, 0.3) is 5.91 Å². The van der Waals surface area contributed by atoms with E-state index in [4.69, 9.17) is 0 Å². The SMILES string of the molecule is CC(C)c1ccc(NC(=O)c2ncccc2O)cc1. The molecule has 0 unspecified atom stereocenters. The molecule has 4 nitrogen and oxygen atoms in total. The normalized spacial score (nSPS) is 10.5. The van der Waals surface area contributed by atoms with Crippen LogP contribution in [0.5, 0.6) is 5.75 Å². The summed E-state index contributed by atoms with van der Waals surface area (Å²) in [5.41, 5.74) is 1.91. The van der Waals surface area contributed by atoms with Crippen molar-refractivity contribution in [2.24, 2.45) is 0 Å². The van der Waals surface area contributed by atoms with E-state index in [0.29, 0.717) is 11.6 Å². The van der Waals surface area contributed by atoms with Crippen molar-refractivity contribution in [3.63, 3.8) is 0 Å². The summed E-state index contributed by atoms with van der Waals surface area (Å²) < 4.78 is 0. The van der Waals surface area contributed by atoms with Crippen LogP contribution in [-0.2, 0) is 0 Å².